The minimum absolute atomic E-state index is 0.213. The lowest BCUT2D eigenvalue weighted by atomic mass is 10.1. The smallest absolute Gasteiger partial charge is 0.269 e. The van der Waals surface area contributed by atoms with Crippen molar-refractivity contribution in [1.29, 1.82) is 0 Å². The van der Waals surface area contributed by atoms with Crippen LogP contribution in [0.5, 0.6) is 5.75 Å². The van der Waals surface area contributed by atoms with Gasteiger partial charge in [0.25, 0.3) is 11.5 Å². The molecule has 1 aromatic carbocycles. The van der Waals surface area contributed by atoms with E-state index in [2.05, 4.69) is 20.4 Å². The summed E-state index contributed by atoms with van der Waals surface area (Å²) in [5.41, 5.74) is -0.296. The van der Waals surface area contributed by atoms with Crippen molar-refractivity contribution in [2.45, 2.75) is 33.3 Å². The zero-order chi connectivity index (χ0) is 20.5. The molecule has 2 N–H and O–H groups in total. The van der Waals surface area contributed by atoms with Gasteiger partial charge in [-0.3, -0.25) is 14.6 Å². The molecule has 0 aliphatic heterocycles. The first kappa shape index (κ1) is 19.6. The molecule has 2 heterocycles. The third kappa shape index (κ3) is 4.40. The number of halogens is 1. The van der Waals surface area contributed by atoms with Crippen LogP contribution in [0.15, 0.2) is 41.2 Å². The number of ether oxygens (including phenoxy) is 1. The van der Waals surface area contributed by atoms with E-state index in [9.17, 15) is 9.59 Å². The molecule has 0 bridgehead atoms. The lowest BCUT2D eigenvalue weighted by molar-refractivity contribution is -0.128. The molecular weight excluding hydrogens is 382 g/mol. The van der Waals surface area contributed by atoms with Crippen molar-refractivity contribution >= 4 is 23.3 Å². The van der Waals surface area contributed by atoms with Gasteiger partial charge in [-0.15, -0.1) is 0 Å². The summed E-state index contributed by atoms with van der Waals surface area (Å²) in [6.07, 6.45) is 0. The number of carbonyl (C=O) groups excluding carboxylic acids is 1. The topological polar surface area (TPSA) is 102 Å². The molecule has 0 saturated carbocycles. The number of aryl methyl sites for hydroxylation is 2. The van der Waals surface area contributed by atoms with Crippen LogP contribution in [-0.4, -0.2) is 31.3 Å². The molecule has 0 radical (unpaired) electrons. The van der Waals surface area contributed by atoms with Crippen LogP contribution in [0, 0.1) is 13.8 Å². The number of hydrogen-bond acceptors (Lipinski definition) is 5. The van der Waals surface area contributed by atoms with Crippen LogP contribution in [-0.2, 0) is 4.79 Å². The van der Waals surface area contributed by atoms with Crippen molar-refractivity contribution < 1.29 is 9.53 Å². The first-order valence-electron chi connectivity index (χ1n) is 8.55. The van der Waals surface area contributed by atoms with Gasteiger partial charge < -0.3 is 10.1 Å². The molecule has 0 fully saturated rings. The minimum Gasteiger partial charge on any atom is -0.478 e. The second kappa shape index (κ2) is 7.47. The van der Waals surface area contributed by atoms with Gasteiger partial charge >= 0.3 is 0 Å². The fourth-order valence-corrected chi connectivity index (χ4v) is 2.65. The molecule has 9 heteroatoms. The van der Waals surface area contributed by atoms with Crippen LogP contribution < -0.4 is 15.6 Å². The summed E-state index contributed by atoms with van der Waals surface area (Å²) in [7, 11) is 0. The third-order valence-electron chi connectivity index (χ3n) is 3.86. The Bertz CT molecular complexity index is 1070. The van der Waals surface area contributed by atoms with Crippen LogP contribution in [0.4, 0.5) is 5.82 Å². The summed E-state index contributed by atoms with van der Waals surface area (Å²) in [5, 5.41) is 7.67. The van der Waals surface area contributed by atoms with Gasteiger partial charge in [0.2, 0.25) is 5.95 Å². The molecule has 146 valence electrons. The Labute approximate surface area is 166 Å². The standard InChI is InChI=1S/C19H20ClN5O3/c1-11-10-16(26)23-18(21-11)25-15(9-12(2)24-25)22-17(27)19(3,4)28-14-7-5-13(20)6-8-14/h5-10H,1-4H3,(H,22,27)(H,21,23,26). The van der Waals surface area contributed by atoms with Crippen LogP contribution in [0.1, 0.15) is 25.2 Å². The van der Waals surface area contributed by atoms with E-state index >= 15 is 0 Å². The number of aromatic amines is 1. The Balaban J connectivity index is 1.85. The van der Waals surface area contributed by atoms with Crippen molar-refractivity contribution in [1.82, 2.24) is 19.7 Å². The maximum Gasteiger partial charge on any atom is 0.269 e. The van der Waals surface area contributed by atoms with E-state index in [0.29, 0.717) is 28.0 Å². The van der Waals surface area contributed by atoms with Crippen LogP contribution >= 0.6 is 11.6 Å². The summed E-state index contributed by atoms with van der Waals surface area (Å²) < 4.78 is 7.18. The molecule has 8 nitrogen and oxygen atoms in total. The minimum atomic E-state index is -1.18. The average molecular weight is 402 g/mol. The highest BCUT2D eigenvalue weighted by Gasteiger charge is 2.31. The molecule has 0 spiro atoms. The number of H-pyrrole nitrogens is 1. The molecule has 0 aliphatic rings. The average Bonchev–Trinajstić information content (AvgIpc) is 2.96. The van der Waals surface area contributed by atoms with Crippen molar-refractivity contribution in [3.8, 4) is 11.7 Å². The Morgan fingerprint density at radius 1 is 1.18 bits per heavy atom. The number of nitrogens with one attached hydrogen (secondary N) is 2. The van der Waals surface area contributed by atoms with Gasteiger partial charge in [0.15, 0.2) is 5.60 Å². The van der Waals surface area contributed by atoms with Crippen molar-refractivity contribution in [3.63, 3.8) is 0 Å². The van der Waals surface area contributed by atoms with E-state index in [1.807, 2.05) is 0 Å². The third-order valence-corrected chi connectivity index (χ3v) is 4.12. The van der Waals surface area contributed by atoms with E-state index in [1.54, 1.807) is 58.0 Å². The van der Waals surface area contributed by atoms with Gasteiger partial charge in [0, 0.05) is 22.8 Å². The first-order valence-corrected chi connectivity index (χ1v) is 8.93. The molecule has 0 unspecified atom stereocenters. The summed E-state index contributed by atoms with van der Waals surface area (Å²) in [6, 6.07) is 9.80. The van der Waals surface area contributed by atoms with Crippen LogP contribution in [0.25, 0.3) is 5.95 Å². The fourth-order valence-electron chi connectivity index (χ4n) is 2.52. The molecule has 1 amide bonds. The summed E-state index contributed by atoms with van der Waals surface area (Å²) in [5.74, 6) is 0.700. The maximum atomic E-state index is 12.8. The fraction of sp³-hybridized carbons (Fsp3) is 0.263. The van der Waals surface area contributed by atoms with Gasteiger partial charge in [0.05, 0.1) is 5.69 Å². The Kier molecular flexibility index (Phi) is 5.24. The van der Waals surface area contributed by atoms with E-state index in [0.717, 1.165) is 0 Å². The Morgan fingerprint density at radius 2 is 1.86 bits per heavy atom. The normalized spacial score (nSPS) is 11.3. The Morgan fingerprint density at radius 3 is 2.50 bits per heavy atom. The molecule has 3 rings (SSSR count). The highest BCUT2D eigenvalue weighted by Crippen LogP contribution is 2.23. The summed E-state index contributed by atoms with van der Waals surface area (Å²) >= 11 is 5.88. The number of anilines is 1. The van der Waals surface area contributed by atoms with Crippen molar-refractivity contribution in [2.75, 3.05) is 5.32 Å². The maximum absolute atomic E-state index is 12.8. The predicted molar refractivity (Wildman–Crippen MR) is 106 cm³/mol. The summed E-state index contributed by atoms with van der Waals surface area (Å²) in [4.78, 5) is 31.5. The zero-order valence-corrected chi connectivity index (χ0v) is 16.7. The number of benzene rings is 1. The molecule has 0 atom stereocenters. The highest BCUT2D eigenvalue weighted by molar-refractivity contribution is 6.30. The van der Waals surface area contributed by atoms with E-state index < -0.39 is 11.5 Å². The van der Waals surface area contributed by atoms with E-state index in [4.69, 9.17) is 16.3 Å². The second-order valence-electron chi connectivity index (χ2n) is 6.81. The number of amides is 1. The Hall–Kier alpha value is -3.13. The summed E-state index contributed by atoms with van der Waals surface area (Å²) in [6.45, 7) is 6.78. The van der Waals surface area contributed by atoms with Gasteiger partial charge in [0.1, 0.15) is 11.6 Å². The monoisotopic (exact) mass is 401 g/mol. The number of nitrogens with zero attached hydrogens (tertiary/aromatic N) is 3. The molecule has 28 heavy (non-hydrogen) atoms. The van der Waals surface area contributed by atoms with Gasteiger partial charge in [-0.2, -0.15) is 9.78 Å². The molecular formula is C19H20ClN5O3. The van der Waals surface area contributed by atoms with Crippen molar-refractivity contribution in [2.24, 2.45) is 0 Å². The second-order valence-corrected chi connectivity index (χ2v) is 7.25. The van der Waals surface area contributed by atoms with E-state index in [-0.39, 0.29) is 11.5 Å². The van der Waals surface area contributed by atoms with Crippen LogP contribution in [0.2, 0.25) is 5.02 Å². The lowest BCUT2D eigenvalue weighted by Gasteiger charge is -2.25. The van der Waals surface area contributed by atoms with Gasteiger partial charge in [-0.1, -0.05) is 11.6 Å². The number of hydrogen-bond donors (Lipinski definition) is 2. The first-order chi connectivity index (χ1) is 13.1. The predicted octanol–water partition coefficient (Wildman–Crippen LogP) is 3.02. The molecule has 0 saturated heterocycles. The van der Waals surface area contributed by atoms with Gasteiger partial charge in [-0.05, 0) is 52.0 Å². The lowest BCUT2D eigenvalue weighted by Crippen LogP contribution is -2.43. The van der Waals surface area contributed by atoms with Crippen LogP contribution in [0.3, 0.4) is 0 Å². The largest absolute Gasteiger partial charge is 0.478 e. The highest BCUT2D eigenvalue weighted by atomic mass is 35.5. The quantitative estimate of drug-likeness (QED) is 0.684. The van der Waals surface area contributed by atoms with Crippen molar-refractivity contribution in [3.05, 3.63) is 63.2 Å². The van der Waals surface area contributed by atoms with Gasteiger partial charge in [-0.25, -0.2) is 4.98 Å². The zero-order valence-electron chi connectivity index (χ0n) is 15.9. The number of rotatable bonds is 5. The van der Waals surface area contributed by atoms with E-state index in [1.165, 1.54) is 10.7 Å². The molecule has 3 aromatic rings. The number of carbonyl (C=O) groups is 1. The molecule has 0 aliphatic carbocycles. The number of aromatic nitrogens is 4. The SMILES string of the molecule is Cc1cc(=O)[nH]c(-n2nc(C)cc2NC(=O)C(C)(C)Oc2ccc(Cl)cc2)n1. The molecule has 2 aromatic heterocycles.